The molecule has 0 spiro atoms. The van der Waals surface area contributed by atoms with Crippen LogP contribution in [0.1, 0.15) is 18.9 Å². The molecule has 0 bridgehead atoms. The molecular formula is C14H21N3O4. The Morgan fingerprint density at radius 3 is 2.71 bits per heavy atom. The zero-order valence-electron chi connectivity index (χ0n) is 12.3. The quantitative estimate of drug-likeness (QED) is 0.615. The van der Waals surface area contributed by atoms with Gasteiger partial charge in [0, 0.05) is 18.2 Å². The summed E-state index contributed by atoms with van der Waals surface area (Å²) in [5, 5.41) is 5.20. The average molecular weight is 295 g/mol. The number of carbonyl (C=O) groups is 2. The van der Waals surface area contributed by atoms with Crippen molar-refractivity contribution in [1.29, 1.82) is 0 Å². The highest BCUT2D eigenvalue weighted by Crippen LogP contribution is 2.24. The van der Waals surface area contributed by atoms with Crippen LogP contribution < -0.4 is 25.8 Å². The fraction of sp³-hybridized carbons (Fsp3) is 0.429. The van der Waals surface area contributed by atoms with E-state index in [0.29, 0.717) is 18.0 Å². The van der Waals surface area contributed by atoms with Crippen LogP contribution >= 0.6 is 0 Å². The normalized spacial score (nSPS) is 10.0. The standard InChI is InChI=1S/C14H21N3O4/c1-3-6-16-8-10-4-5-11(20-2)7-12(10)21-9-13(18)17-14(15)19/h4-5,7,16H,3,6,8-9H2,1-2H3,(H3,15,17,18,19). The first-order valence-electron chi connectivity index (χ1n) is 6.66. The first kappa shape index (κ1) is 16.8. The molecule has 7 nitrogen and oxygen atoms in total. The topological polar surface area (TPSA) is 103 Å². The number of carbonyl (C=O) groups excluding carboxylic acids is 2. The summed E-state index contributed by atoms with van der Waals surface area (Å²) < 4.78 is 10.6. The van der Waals surface area contributed by atoms with Crippen LogP contribution in [0.15, 0.2) is 18.2 Å². The van der Waals surface area contributed by atoms with E-state index < -0.39 is 11.9 Å². The van der Waals surface area contributed by atoms with Crippen molar-refractivity contribution in [3.63, 3.8) is 0 Å². The molecule has 3 amide bonds. The molecule has 1 aromatic rings. The number of hydrogen-bond acceptors (Lipinski definition) is 5. The van der Waals surface area contributed by atoms with Gasteiger partial charge >= 0.3 is 6.03 Å². The van der Waals surface area contributed by atoms with Crippen molar-refractivity contribution < 1.29 is 19.1 Å². The molecule has 0 aliphatic heterocycles. The van der Waals surface area contributed by atoms with Gasteiger partial charge in [-0.3, -0.25) is 10.1 Å². The first-order valence-corrected chi connectivity index (χ1v) is 6.66. The minimum absolute atomic E-state index is 0.295. The molecular weight excluding hydrogens is 274 g/mol. The molecule has 0 saturated heterocycles. The Bertz CT molecular complexity index is 491. The van der Waals surface area contributed by atoms with Gasteiger partial charge in [0.2, 0.25) is 0 Å². The molecule has 7 heteroatoms. The second-order valence-corrected chi connectivity index (χ2v) is 4.35. The summed E-state index contributed by atoms with van der Waals surface area (Å²) in [6.07, 6.45) is 1.02. The van der Waals surface area contributed by atoms with E-state index in [1.54, 1.807) is 13.2 Å². The van der Waals surface area contributed by atoms with E-state index in [-0.39, 0.29) is 6.61 Å². The van der Waals surface area contributed by atoms with E-state index in [4.69, 9.17) is 15.2 Å². The third kappa shape index (κ3) is 6.13. The van der Waals surface area contributed by atoms with Crippen molar-refractivity contribution in [1.82, 2.24) is 10.6 Å². The summed E-state index contributed by atoms with van der Waals surface area (Å²) in [5.41, 5.74) is 5.76. The monoisotopic (exact) mass is 295 g/mol. The molecule has 116 valence electrons. The number of ether oxygens (including phenoxy) is 2. The zero-order valence-corrected chi connectivity index (χ0v) is 12.3. The molecule has 21 heavy (non-hydrogen) atoms. The number of amides is 3. The van der Waals surface area contributed by atoms with Crippen LogP contribution in [0.25, 0.3) is 0 Å². The molecule has 0 atom stereocenters. The Kier molecular flexibility index (Phi) is 7.03. The van der Waals surface area contributed by atoms with Crippen LogP contribution in [0.3, 0.4) is 0 Å². The molecule has 0 aliphatic rings. The summed E-state index contributed by atoms with van der Waals surface area (Å²) in [4.78, 5) is 21.9. The molecule has 1 rings (SSSR count). The van der Waals surface area contributed by atoms with E-state index in [1.165, 1.54) is 0 Å². The van der Waals surface area contributed by atoms with Crippen molar-refractivity contribution in [2.45, 2.75) is 19.9 Å². The van der Waals surface area contributed by atoms with Crippen LogP contribution in [0, 0.1) is 0 Å². The highest BCUT2D eigenvalue weighted by atomic mass is 16.5. The Morgan fingerprint density at radius 1 is 1.33 bits per heavy atom. The highest BCUT2D eigenvalue weighted by molar-refractivity contribution is 5.94. The van der Waals surface area contributed by atoms with E-state index in [2.05, 4.69) is 12.2 Å². The summed E-state index contributed by atoms with van der Waals surface area (Å²) in [5.74, 6) is 0.551. The maximum Gasteiger partial charge on any atom is 0.318 e. The Hall–Kier alpha value is -2.28. The molecule has 0 radical (unpaired) electrons. The number of urea groups is 1. The number of imide groups is 1. The Labute approximate surface area is 123 Å². The maximum atomic E-state index is 11.4. The van der Waals surface area contributed by atoms with Crippen LogP contribution in [0.2, 0.25) is 0 Å². The molecule has 0 heterocycles. The maximum absolute atomic E-state index is 11.4. The molecule has 0 fully saturated rings. The number of rotatable bonds is 8. The second-order valence-electron chi connectivity index (χ2n) is 4.35. The highest BCUT2D eigenvalue weighted by Gasteiger charge is 2.09. The van der Waals surface area contributed by atoms with Gasteiger partial charge in [0.1, 0.15) is 11.5 Å². The number of primary amides is 1. The summed E-state index contributed by atoms with van der Waals surface area (Å²) in [6.45, 7) is 3.28. The van der Waals surface area contributed by atoms with Crippen molar-refractivity contribution >= 4 is 11.9 Å². The fourth-order valence-corrected chi connectivity index (χ4v) is 1.66. The predicted octanol–water partition coefficient (Wildman–Crippen LogP) is 0.768. The smallest absolute Gasteiger partial charge is 0.318 e. The molecule has 0 aromatic heterocycles. The second kappa shape index (κ2) is 8.80. The van der Waals surface area contributed by atoms with Crippen molar-refractivity contribution in [3.8, 4) is 11.5 Å². The third-order valence-electron chi connectivity index (χ3n) is 2.64. The minimum atomic E-state index is -0.904. The first-order chi connectivity index (χ1) is 10.1. The van der Waals surface area contributed by atoms with Crippen LogP contribution in [-0.4, -0.2) is 32.2 Å². The van der Waals surface area contributed by atoms with Crippen molar-refractivity contribution in [2.75, 3.05) is 20.3 Å². The summed E-state index contributed by atoms with van der Waals surface area (Å²) in [7, 11) is 1.55. The van der Waals surface area contributed by atoms with Gasteiger partial charge in [-0.25, -0.2) is 4.79 Å². The average Bonchev–Trinajstić information content (AvgIpc) is 2.45. The lowest BCUT2D eigenvalue weighted by Gasteiger charge is -2.13. The third-order valence-corrected chi connectivity index (χ3v) is 2.64. The van der Waals surface area contributed by atoms with Crippen LogP contribution in [0.5, 0.6) is 11.5 Å². The largest absolute Gasteiger partial charge is 0.497 e. The zero-order chi connectivity index (χ0) is 15.7. The lowest BCUT2D eigenvalue weighted by atomic mass is 10.2. The van der Waals surface area contributed by atoms with Gasteiger partial charge in [0.05, 0.1) is 7.11 Å². The van der Waals surface area contributed by atoms with E-state index in [9.17, 15) is 9.59 Å². The van der Waals surface area contributed by atoms with Gasteiger partial charge < -0.3 is 20.5 Å². The minimum Gasteiger partial charge on any atom is -0.497 e. The van der Waals surface area contributed by atoms with E-state index in [0.717, 1.165) is 18.5 Å². The number of benzene rings is 1. The SMILES string of the molecule is CCCNCc1ccc(OC)cc1OCC(=O)NC(N)=O. The Balaban J connectivity index is 2.71. The number of hydrogen-bond donors (Lipinski definition) is 3. The fourth-order valence-electron chi connectivity index (χ4n) is 1.66. The van der Waals surface area contributed by atoms with E-state index in [1.807, 2.05) is 17.4 Å². The van der Waals surface area contributed by atoms with E-state index >= 15 is 0 Å². The number of nitrogens with two attached hydrogens (primary N) is 1. The lowest BCUT2D eigenvalue weighted by molar-refractivity contribution is -0.121. The molecule has 0 saturated carbocycles. The van der Waals surface area contributed by atoms with Gasteiger partial charge in [-0.15, -0.1) is 0 Å². The molecule has 1 aromatic carbocycles. The van der Waals surface area contributed by atoms with Gasteiger partial charge in [-0.2, -0.15) is 0 Å². The number of methoxy groups -OCH3 is 1. The predicted molar refractivity (Wildman–Crippen MR) is 78.2 cm³/mol. The number of nitrogens with one attached hydrogen (secondary N) is 2. The van der Waals surface area contributed by atoms with Crippen molar-refractivity contribution in [2.24, 2.45) is 5.73 Å². The molecule has 0 unspecified atom stereocenters. The Morgan fingerprint density at radius 2 is 2.10 bits per heavy atom. The van der Waals surface area contributed by atoms with Gasteiger partial charge in [-0.1, -0.05) is 13.0 Å². The van der Waals surface area contributed by atoms with Gasteiger partial charge in [0.25, 0.3) is 5.91 Å². The van der Waals surface area contributed by atoms with Crippen LogP contribution in [0.4, 0.5) is 4.79 Å². The van der Waals surface area contributed by atoms with Crippen molar-refractivity contribution in [3.05, 3.63) is 23.8 Å². The van der Waals surface area contributed by atoms with Crippen LogP contribution in [-0.2, 0) is 11.3 Å². The lowest BCUT2D eigenvalue weighted by Crippen LogP contribution is -2.38. The molecule has 4 N–H and O–H groups in total. The summed E-state index contributed by atoms with van der Waals surface area (Å²) >= 11 is 0. The van der Waals surface area contributed by atoms with Gasteiger partial charge in [0.15, 0.2) is 6.61 Å². The summed E-state index contributed by atoms with van der Waals surface area (Å²) in [6, 6.07) is 4.47. The molecule has 0 aliphatic carbocycles. The van der Waals surface area contributed by atoms with Gasteiger partial charge in [-0.05, 0) is 19.0 Å².